The van der Waals surface area contributed by atoms with Crippen molar-refractivity contribution in [3.63, 3.8) is 0 Å². The van der Waals surface area contributed by atoms with E-state index in [4.69, 9.17) is 4.52 Å². The number of carbonyl (C=O) groups excluding carboxylic acids is 1. The van der Waals surface area contributed by atoms with E-state index >= 15 is 0 Å². The monoisotopic (exact) mass is 339 g/mol. The smallest absolute Gasteiger partial charge is 0.220 e. The zero-order valence-electron chi connectivity index (χ0n) is 14.6. The number of nitrogens with one attached hydrogen (secondary N) is 1. The molecule has 0 aliphatic heterocycles. The molecule has 0 fully saturated rings. The largest absolute Gasteiger partial charge is 0.361 e. The maximum atomic E-state index is 12.0. The van der Waals surface area contributed by atoms with Gasteiger partial charge in [0, 0.05) is 37.1 Å². The molecule has 3 aromatic heterocycles. The average molecular weight is 339 g/mol. The van der Waals surface area contributed by atoms with E-state index in [0.29, 0.717) is 19.4 Å². The first-order chi connectivity index (χ1) is 12.0. The van der Waals surface area contributed by atoms with Crippen molar-refractivity contribution in [2.75, 3.05) is 0 Å². The molecule has 25 heavy (non-hydrogen) atoms. The summed E-state index contributed by atoms with van der Waals surface area (Å²) in [6, 6.07) is 3.87. The van der Waals surface area contributed by atoms with Crippen molar-refractivity contribution < 1.29 is 9.32 Å². The predicted octanol–water partition coefficient (Wildman–Crippen LogP) is 2.43. The number of amides is 1. The maximum Gasteiger partial charge on any atom is 0.220 e. The van der Waals surface area contributed by atoms with Crippen molar-refractivity contribution in [1.29, 1.82) is 0 Å². The van der Waals surface area contributed by atoms with Gasteiger partial charge in [-0.15, -0.1) is 0 Å². The third-order valence-electron chi connectivity index (χ3n) is 4.15. The lowest BCUT2D eigenvalue weighted by atomic mass is 10.1. The van der Waals surface area contributed by atoms with Gasteiger partial charge in [0.25, 0.3) is 0 Å². The number of nitrogens with zero attached hydrogens (tertiary/aromatic N) is 4. The molecule has 3 heterocycles. The lowest BCUT2D eigenvalue weighted by Gasteiger charge is -2.07. The van der Waals surface area contributed by atoms with E-state index in [-0.39, 0.29) is 5.91 Å². The van der Waals surface area contributed by atoms with Crippen molar-refractivity contribution in [2.45, 2.75) is 40.2 Å². The van der Waals surface area contributed by atoms with Crippen molar-refractivity contribution >= 4 is 5.91 Å². The van der Waals surface area contributed by atoms with Crippen LogP contribution in [-0.2, 0) is 17.8 Å². The third-order valence-corrected chi connectivity index (χ3v) is 4.15. The van der Waals surface area contributed by atoms with E-state index in [1.165, 1.54) is 0 Å². The minimum Gasteiger partial charge on any atom is -0.361 e. The normalized spacial score (nSPS) is 10.8. The summed E-state index contributed by atoms with van der Waals surface area (Å²) in [5.41, 5.74) is 2.81. The van der Waals surface area contributed by atoms with Gasteiger partial charge in [0.05, 0.1) is 5.69 Å². The van der Waals surface area contributed by atoms with Crippen LogP contribution in [0.3, 0.4) is 0 Å². The topological polar surface area (TPSA) is 85.8 Å². The minimum atomic E-state index is -0.00506. The van der Waals surface area contributed by atoms with Gasteiger partial charge in [0.2, 0.25) is 5.91 Å². The van der Waals surface area contributed by atoms with Crippen LogP contribution in [0.4, 0.5) is 0 Å². The SMILES string of the molecule is Cc1noc(C)c1CCC(=O)NCc1ccc(-n2ccnc2C)nc1. The molecule has 7 nitrogen and oxygen atoms in total. The van der Waals surface area contributed by atoms with Crippen LogP contribution < -0.4 is 5.32 Å². The Morgan fingerprint density at radius 1 is 1.24 bits per heavy atom. The highest BCUT2D eigenvalue weighted by Gasteiger charge is 2.11. The molecule has 0 saturated carbocycles. The number of aryl methyl sites for hydroxylation is 3. The van der Waals surface area contributed by atoms with Gasteiger partial charge in [-0.2, -0.15) is 0 Å². The number of imidazole rings is 1. The second-order valence-corrected chi connectivity index (χ2v) is 5.95. The van der Waals surface area contributed by atoms with E-state index in [0.717, 1.165) is 34.2 Å². The standard InChI is InChI=1S/C18H21N5O2/c1-12-16(13(2)25-22-12)5-7-18(24)21-11-15-4-6-17(20-10-15)23-9-8-19-14(23)3/h4,6,8-10H,5,7,11H2,1-3H3,(H,21,24). The van der Waals surface area contributed by atoms with Gasteiger partial charge < -0.3 is 9.84 Å². The summed E-state index contributed by atoms with van der Waals surface area (Å²) in [5, 5.41) is 6.82. The van der Waals surface area contributed by atoms with E-state index in [9.17, 15) is 4.79 Å². The minimum absolute atomic E-state index is 0.00506. The third kappa shape index (κ3) is 3.93. The van der Waals surface area contributed by atoms with Gasteiger partial charge >= 0.3 is 0 Å². The summed E-state index contributed by atoms with van der Waals surface area (Å²) < 4.78 is 7.02. The van der Waals surface area contributed by atoms with Gasteiger partial charge in [0.15, 0.2) is 0 Å². The molecule has 3 aromatic rings. The van der Waals surface area contributed by atoms with Crippen LogP contribution in [0.1, 0.15) is 34.8 Å². The van der Waals surface area contributed by atoms with Gasteiger partial charge in [0.1, 0.15) is 17.4 Å². The molecule has 0 unspecified atom stereocenters. The summed E-state index contributed by atoms with van der Waals surface area (Å²) in [5.74, 6) is 2.46. The van der Waals surface area contributed by atoms with Crippen molar-refractivity contribution in [3.05, 3.63) is 59.1 Å². The molecule has 0 spiro atoms. The highest BCUT2D eigenvalue weighted by atomic mass is 16.5. The molecule has 0 saturated heterocycles. The van der Waals surface area contributed by atoms with Gasteiger partial charge in [-0.1, -0.05) is 11.2 Å². The van der Waals surface area contributed by atoms with Gasteiger partial charge in [-0.3, -0.25) is 9.36 Å². The maximum absolute atomic E-state index is 12.0. The van der Waals surface area contributed by atoms with Crippen LogP contribution >= 0.6 is 0 Å². The van der Waals surface area contributed by atoms with E-state index in [1.54, 1.807) is 12.4 Å². The predicted molar refractivity (Wildman–Crippen MR) is 92.2 cm³/mol. The van der Waals surface area contributed by atoms with Crippen LogP contribution in [0.15, 0.2) is 35.2 Å². The van der Waals surface area contributed by atoms with Crippen LogP contribution in [0.25, 0.3) is 5.82 Å². The second-order valence-electron chi connectivity index (χ2n) is 5.95. The Bertz CT molecular complexity index is 844. The molecule has 1 amide bonds. The molecule has 3 rings (SSSR count). The Labute approximate surface area is 146 Å². The molecule has 1 N–H and O–H groups in total. The Balaban J connectivity index is 1.51. The van der Waals surface area contributed by atoms with Crippen LogP contribution in [0, 0.1) is 20.8 Å². The van der Waals surface area contributed by atoms with E-state index in [2.05, 4.69) is 20.4 Å². The summed E-state index contributed by atoms with van der Waals surface area (Å²) in [6.07, 6.45) is 6.41. The first-order valence-electron chi connectivity index (χ1n) is 8.18. The zero-order valence-corrected chi connectivity index (χ0v) is 14.6. The molecule has 0 bridgehead atoms. The van der Waals surface area contributed by atoms with Crippen LogP contribution in [0.5, 0.6) is 0 Å². The van der Waals surface area contributed by atoms with Crippen LogP contribution in [0.2, 0.25) is 0 Å². The molecule has 0 aliphatic rings. The number of hydrogen-bond donors (Lipinski definition) is 1. The van der Waals surface area contributed by atoms with Crippen molar-refractivity contribution in [3.8, 4) is 5.82 Å². The molecule has 130 valence electrons. The average Bonchev–Trinajstić information content (AvgIpc) is 3.17. The Morgan fingerprint density at radius 2 is 2.08 bits per heavy atom. The number of aromatic nitrogens is 4. The fourth-order valence-corrected chi connectivity index (χ4v) is 2.67. The molecule has 0 atom stereocenters. The van der Waals surface area contributed by atoms with Gasteiger partial charge in [-0.05, 0) is 38.8 Å². The number of pyridine rings is 1. The summed E-state index contributed by atoms with van der Waals surface area (Å²) in [7, 11) is 0. The molecule has 0 radical (unpaired) electrons. The number of rotatable bonds is 6. The lowest BCUT2D eigenvalue weighted by Crippen LogP contribution is -2.23. The summed E-state index contributed by atoms with van der Waals surface area (Å²) in [6.45, 7) is 6.13. The molecule has 0 aliphatic carbocycles. The number of carbonyl (C=O) groups is 1. The van der Waals surface area contributed by atoms with Gasteiger partial charge in [-0.25, -0.2) is 9.97 Å². The van der Waals surface area contributed by atoms with Crippen LogP contribution in [-0.4, -0.2) is 25.6 Å². The Hall–Kier alpha value is -2.96. The second kappa shape index (κ2) is 7.29. The first-order valence-corrected chi connectivity index (χ1v) is 8.18. The highest BCUT2D eigenvalue weighted by molar-refractivity contribution is 5.76. The fourth-order valence-electron chi connectivity index (χ4n) is 2.67. The number of hydrogen-bond acceptors (Lipinski definition) is 5. The fraction of sp³-hybridized carbons (Fsp3) is 0.333. The summed E-state index contributed by atoms with van der Waals surface area (Å²) in [4.78, 5) is 20.6. The zero-order chi connectivity index (χ0) is 17.8. The Kier molecular flexibility index (Phi) is 4.92. The van der Waals surface area contributed by atoms with E-state index in [1.807, 2.05) is 43.7 Å². The lowest BCUT2D eigenvalue weighted by molar-refractivity contribution is -0.121. The van der Waals surface area contributed by atoms with Crippen molar-refractivity contribution in [1.82, 2.24) is 25.0 Å². The van der Waals surface area contributed by atoms with Crippen molar-refractivity contribution in [2.24, 2.45) is 0 Å². The van der Waals surface area contributed by atoms with E-state index < -0.39 is 0 Å². The highest BCUT2D eigenvalue weighted by Crippen LogP contribution is 2.14. The Morgan fingerprint density at radius 3 is 2.68 bits per heavy atom. The summed E-state index contributed by atoms with van der Waals surface area (Å²) >= 11 is 0. The molecule has 7 heteroatoms. The molecular weight excluding hydrogens is 318 g/mol. The quantitative estimate of drug-likeness (QED) is 0.745. The molecular formula is C18H21N5O2. The molecule has 0 aromatic carbocycles. The first kappa shape index (κ1) is 16.9.